The van der Waals surface area contributed by atoms with Crippen LogP contribution in [0.25, 0.3) is 0 Å². The summed E-state index contributed by atoms with van der Waals surface area (Å²) in [6.45, 7) is 10.7. The number of nitrogens with two attached hydrogens (primary N) is 1. The summed E-state index contributed by atoms with van der Waals surface area (Å²) in [5, 5.41) is 0. The van der Waals surface area contributed by atoms with Crippen molar-refractivity contribution in [3.63, 3.8) is 0 Å². The molecule has 1 heterocycles. The van der Waals surface area contributed by atoms with Crippen LogP contribution >= 0.6 is 0 Å². The third-order valence-electron chi connectivity index (χ3n) is 3.88. The molecule has 1 saturated carbocycles. The Hall–Kier alpha value is -0.0800. The first-order valence-corrected chi connectivity index (χ1v) is 5.95. The van der Waals surface area contributed by atoms with Crippen molar-refractivity contribution in [1.82, 2.24) is 4.90 Å². The van der Waals surface area contributed by atoms with Gasteiger partial charge in [0.25, 0.3) is 0 Å². The van der Waals surface area contributed by atoms with Crippen LogP contribution in [-0.2, 0) is 0 Å². The van der Waals surface area contributed by atoms with E-state index in [4.69, 9.17) is 5.73 Å². The largest absolute Gasteiger partial charge is 0.326 e. The Balaban J connectivity index is 1.67. The van der Waals surface area contributed by atoms with E-state index in [1.807, 2.05) is 0 Å². The smallest absolute Gasteiger partial charge is 0.0196 e. The lowest BCUT2D eigenvalue weighted by Gasteiger charge is -2.47. The van der Waals surface area contributed by atoms with Crippen LogP contribution in [0.1, 0.15) is 33.6 Å². The van der Waals surface area contributed by atoms with Crippen LogP contribution in [0.4, 0.5) is 0 Å². The first-order chi connectivity index (χ1) is 6.47. The summed E-state index contributed by atoms with van der Waals surface area (Å²) in [6.07, 6.45) is 2.75. The molecule has 1 aliphatic carbocycles. The molecule has 14 heavy (non-hydrogen) atoms. The third kappa shape index (κ3) is 2.29. The minimum atomic E-state index is 0.455. The number of hydrogen-bond acceptors (Lipinski definition) is 2. The molecule has 2 heteroatoms. The van der Waals surface area contributed by atoms with Gasteiger partial charge in [-0.2, -0.15) is 0 Å². The van der Waals surface area contributed by atoms with Crippen molar-refractivity contribution < 1.29 is 0 Å². The minimum Gasteiger partial charge on any atom is -0.326 e. The average molecular weight is 196 g/mol. The average Bonchev–Trinajstić information content (AvgIpc) is 2.73. The number of rotatable bonds is 3. The highest BCUT2D eigenvalue weighted by Gasteiger charge is 2.38. The standard InChI is InChI=1S/C12H24N2/c1-12(2,3)10-6-14(7-10)8-11(13)9-4-5-9/h9-11H,4-8,13H2,1-3H3. The molecule has 0 bridgehead atoms. The molecule has 0 amide bonds. The van der Waals surface area contributed by atoms with Gasteiger partial charge < -0.3 is 10.6 Å². The van der Waals surface area contributed by atoms with E-state index in [2.05, 4.69) is 25.7 Å². The second kappa shape index (κ2) is 3.49. The van der Waals surface area contributed by atoms with E-state index in [0.717, 1.165) is 18.4 Å². The zero-order valence-corrected chi connectivity index (χ0v) is 9.79. The highest BCUT2D eigenvalue weighted by molar-refractivity contribution is 4.92. The molecule has 1 saturated heterocycles. The maximum Gasteiger partial charge on any atom is 0.0196 e. The van der Waals surface area contributed by atoms with Gasteiger partial charge in [0.1, 0.15) is 0 Å². The fraction of sp³-hybridized carbons (Fsp3) is 1.00. The van der Waals surface area contributed by atoms with Gasteiger partial charge in [0.2, 0.25) is 0 Å². The molecule has 1 atom stereocenters. The van der Waals surface area contributed by atoms with E-state index in [1.165, 1.54) is 25.9 Å². The second-order valence-corrected chi connectivity index (χ2v) is 6.28. The summed E-state index contributed by atoms with van der Waals surface area (Å²) in [6, 6.07) is 0.455. The van der Waals surface area contributed by atoms with Crippen LogP contribution in [0, 0.1) is 17.3 Å². The summed E-state index contributed by atoms with van der Waals surface area (Å²) in [5.41, 5.74) is 6.59. The van der Waals surface area contributed by atoms with E-state index in [0.29, 0.717) is 11.5 Å². The second-order valence-electron chi connectivity index (χ2n) is 6.28. The molecule has 2 aliphatic rings. The Morgan fingerprint density at radius 1 is 1.29 bits per heavy atom. The fourth-order valence-corrected chi connectivity index (χ4v) is 2.24. The Labute approximate surface area is 87.8 Å². The minimum absolute atomic E-state index is 0.455. The molecule has 2 fully saturated rings. The van der Waals surface area contributed by atoms with Gasteiger partial charge in [-0.15, -0.1) is 0 Å². The van der Waals surface area contributed by atoms with Gasteiger partial charge in [-0.3, -0.25) is 0 Å². The predicted octanol–water partition coefficient (Wildman–Crippen LogP) is 1.70. The van der Waals surface area contributed by atoms with Crippen molar-refractivity contribution in [3.8, 4) is 0 Å². The third-order valence-corrected chi connectivity index (χ3v) is 3.88. The molecule has 0 aromatic carbocycles. The normalized spacial score (nSPS) is 27.4. The molecular weight excluding hydrogens is 172 g/mol. The summed E-state index contributed by atoms with van der Waals surface area (Å²) in [7, 11) is 0. The molecule has 2 rings (SSSR count). The van der Waals surface area contributed by atoms with Crippen LogP contribution in [0.3, 0.4) is 0 Å². The van der Waals surface area contributed by atoms with Gasteiger partial charge in [-0.1, -0.05) is 20.8 Å². The summed E-state index contributed by atoms with van der Waals surface area (Å²) in [4.78, 5) is 2.53. The molecule has 2 nitrogen and oxygen atoms in total. The van der Waals surface area contributed by atoms with Crippen LogP contribution in [0.5, 0.6) is 0 Å². The molecule has 1 unspecified atom stereocenters. The fourth-order valence-electron chi connectivity index (χ4n) is 2.24. The molecule has 82 valence electrons. The topological polar surface area (TPSA) is 29.3 Å². The zero-order valence-electron chi connectivity index (χ0n) is 9.79. The number of hydrogen-bond donors (Lipinski definition) is 1. The van der Waals surface area contributed by atoms with Gasteiger partial charge in [0.05, 0.1) is 0 Å². The Morgan fingerprint density at radius 3 is 2.29 bits per heavy atom. The molecule has 0 aromatic heterocycles. The van der Waals surface area contributed by atoms with Crippen molar-refractivity contribution in [3.05, 3.63) is 0 Å². The van der Waals surface area contributed by atoms with Crippen molar-refractivity contribution in [1.29, 1.82) is 0 Å². The number of nitrogens with zero attached hydrogens (tertiary/aromatic N) is 1. The first-order valence-electron chi connectivity index (χ1n) is 5.95. The Kier molecular flexibility index (Phi) is 2.61. The predicted molar refractivity (Wildman–Crippen MR) is 60.1 cm³/mol. The van der Waals surface area contributed by atoms with Crippen LogP contribution in [0.2, 0.25) is 0 Å². The number of likely N-dealkylation sites (tertiary alicyclic amines) is 1. The highest BCUT2D eigenvalue weighted by Crippen LogP contribution is 2.36. The summed E-state index contributed by atoms with van der Waals surface area (Å²) >= 11 is 0. The highest BCUT2D eigenvalue weighted by atomic mass is 15.2. The lowest BCUT2D eigenvalue weighted by Crippen LogP contribution is -2.55. The zero-order chi connectivity index (χ0) is 10.3. The first kappa shape index (κ1) is 10.4. The van der Waals surface area contributed by atoms with Crippen molar-refractivity contribution >= 4 is 0 Å². The van der Waals surface area contributed by atoms with E-state index in [9.17, 15) is 0 Å². The Bertz CT molecular complexity index is 197. The van der Waals surface area contributed by atoms with E-state index >= 15 is 0 Å². The van der Waals surface area contributed by atoms with Crippen molar-refractivity contribution in [2.24, 2.45) is 23.0 Å². The van der Waals surface area contributed by atoms with E-state index in [1.54, 1.807) is 0 Å². The van der Waals surface area contributed by atoms with Gasteiger partial charge >= 0.3 is 0 Å². The SMILES string of the molecule is CC(C)(C)C1CN(CC(N)C2CC2)C1. The van der Waals surface area contributed by atoms with Crippen molar-refractivity contribution in [2.75, 3.05) is 19.6 Å². The molecule has 1 aliphatic heterocycles. The van der Waals surface area contributed by atoms with Crippen LogP contribution in [-0.4, -0.2) is 30.6 Å². The molecule has 0 radical (unpaired) electrons. The van der Waals surface area contributed by atoms with Gasteiger partial charge in [0, 0.05) is 25.7 Å². The summed E-state index contributed by atoms with van der Waals surface area (Å²) in [5.74, 6) is 1.73. The Morgan fingerprint density at radius 2 is 1.86 bits per heavy atom. The van der Waals surface area contributed by atoms with E-state index in [-0.39, 0.29) is 0 Å². The quantitative estimate of drug-likeness (QED) is 0.744. The molecule has 0 spiro atoms. The van der Waals surface area contributed by atoms with Crippen LogP contribution in [0.15, 0.2) is 0 Å². The van der Waals surface area contributed by atoms with Crippen molar-refractivity contribution in [2.45, 2.75) is 39.7 Å². The maximum absolute atomic E-state index is 6.10. The van der Waals surface area contributed by atoms with E-state index < -0.39 is 0 Å². The van der Waals surface area contributed by atoms with Gasteiger partial charge in [-0.25, -0.2) is 0 Å². The lowest BCUT2D eigenvalue weighted by atomic mass is 9.76. The monoisotopic (exact) mass is 196 g/mol. The maximum atomic E-state index is 6.10. The molecular formula is C12H24N2. The van der Waals surface area contributed by atoms with Gasteiger partial charge in [0.15, 0.2) is 0 Å². The molecule has 2 N–H and O–H groups in total. The summed E-state index contributed by atoms with van der Waals surface area (Å²) < 4.78 is 0. The van der Waals surface area contributed by atoms with Crippen LogP contribution < -0.4 is 5.73 Å². The molecule has 0 aromatic rings. The lowest BCUT2D eigenvalue weighted by molar-refractivity contribution is 0.0196. The van der Waals surface area contributed by atoms with Gasteiger partial charge in [-0.05, 0) is 30.1 Å².